The van der Waals surface area contributed by atoms with Gasteiger partial charge in [-0.05, 0) is 42.5 Å². The molecule has 5 heteroatoms. The normalized spacial score (nSPS) is 11.2. The van der Waals surface area contributed by atoms with Gasteiger partial charge >= 0.3 is 0 Å². The van der Waals surface area contributed by atoms with Crippen LogP contribution in [0.15, 0.2) is 65.3 Å². The maximum Gasteiger partial charge on any atom is 0.227 e. The van der Waals surface area contributed by atoms with E-state index in [2.05, 4.69) is 4.98 Å². The summed E-state index contributed by atoms with van der Waals surface area (Å²) in [6.45, 7) is 0. The fraction of sp³-hybridized carbons (Fsp3) is 0. The number of hydrogen-bond acceptors (Lipinski definition) is 2. The second-order valence-electron chi connectivity index (χ2n) is 4.89. The summed E-state index contributed by atoms with van der Waals surface area (Å²) >= 11 is 12.0. The van der Waals surface area contributed by atoms with Crippen molar-refractivity contribution in [2.45, 2.75) is 0 Å². The van der Waals surface area contributed by atoms with Crippen LogP contribution >= 0.6 is 23.2 Å². The molecule has 0 aliphatic carbocycles. The Morgan fingerprint density at radius 3 is 2.50 bits per heavy atom. The maximum atomic E-state index is 6.05. The Bertz CT molecular complexity index is 958. The molecule has 0 spiro atoms. The van der Waals surface area contributed by atoms with Gasteiger partial charge in [0.15, 0.2) is 5.58 Å². The summed E-state index contributed by atoms with van der Waals surface area (Å²) in [5.74, 6) is 0.526. The van der Waals surface area contributed by atoms with Crippen LogP contribution in [0.3, 0.4) is 0 Å². The Morgan fingerprint density at radius 2 is 1.73 bits per heavy atom. The molecule has 4 rings (SSSR count). The third kappa shape index (κ3) is 2.28. The third-order valence-corrected chi connectivity index (χ3v) is 4.18. The summed E-state index contributed by atoms with van der Waals surface area (Å²) in [5.41, 5.74) is 3.35. The van der Waals surface area contributed by atoms with Crippen LogP contribution < -0.4 is 0 Å². The van der Waals surface area contributed by atoms with E-state index in [0.717, 1.165) is 22.4 Å². The lowest BCUT2D eigenvalue weighted by atomic mass is 10.2. The molecule has 0 saturated carbocycles. The van der Waals surface area contributed by atoms with E-state index in [4.69, 9.17) is 27.6 Å². The number of benzene rings is 2. The summed E-state index contributed by atoms with van der Waals surface area (Å²) in [4.78, 5) is 4.50. The molecule has 0 N–H and O–H groups in total. The number of aromatic nitrogens is 2. The zero-order chi connectivity index (χ0) is 15.1. The van der Waals surface area contributed by atoms with Crippen molar-refractivity contribution in [3.8, 4) is 17.1 Å². The molecule has 0 fully saturated rings. The van der Waals surface area contributed by atoms with Crippen molar-refractivity contribution in [2.24, 2.45) is 0 Å². The lowest BCUT2D eigenvalue weighted by Gasteiger charge is -2.00. The molecule has 0 aliphatic rings. The fourth-order valence-electron chi connectivity index (χ4n) is 2.33. The fourth-order valence-corrected chi connectivity index (χ4v) is 2.63. The highest BCUT2D eigenvalue weighted by Crippen LogP contribution is 2.30. The highest BCUT2D eigenvalue weighted by Gasteiger charge is 2.10. The van der Waals surface area contributed by atoms with Crippen molar-refractivity contribution >= 4 is 34.3 Å². The largest absolute Gasteiger partial charge is 0.436 e. The average molecular weight is 329 g/mol. The van der Waals surface area contributed by atoms with Crippen LogP contribution in [-0.4, -0.2) is 9.55 Å². The van der Waals surface area contributed by atoms with Gasteiger partial charge in [0.25, 0.3) is 0 Å². The molecule has 2 heterocycles. The Morgan fingerprint density at radius 1 is 0.909 bits per heavy atom. The van der Waals surface area contributed by atoms with Gasteiger partial charge in [-0.1, -0.05) is 23.2 Å². The molecule has 4 aromatic rings. The highest BCUT2D eigenvalue weighted by atomic mass is 35.5. The zero-order valence-electron chi connectivity index (χ0n) is 11.3. The lowest BCUT2D eigenvalue weighted by Crippen LogP contribution is -1.87. The molecule has 22 heavy (non-hydrogen) atoms. The second kappa shape index (κ2) is 5.20. The first-order chi connectivity index (χ1) is 10.7. The smallest absolute Gasteiger partial charge is 0.227 e. The van der Waals surface area contributed by atoms with Crippen LogP contribution in [0.2, 0.25) is 10.0 Å². The van der Waals surface area contributed by atoms with Gasteiger partial charge in [-0.15, -0.1) is 0 Å². The second-order valence-corrected chi connectivity index (χ2v) is 5.70. The minimum Gasteiger partial charge on any atom is -0.436 e. The zero-order valence-corrected chi connectivity index (χ0v) is 12.8. The molecular weight excluding hydrogens is 319 g/mol. The van der Waals surface area contributed by atoms with Gasteiger partial charge in [0, 0.05) is 29.7 Å². The minimum absolute atomic E-state index is 0.481. The molecule has 0 radical (unpaired) electrons. The van der Waals surface area contributed by atoms with Gasteiger partial charge in [0.1, 0.15) is 5.52 Å². The van der Waals surface area contributed by atoms with E-state index in [1.54, 1.807) is 12.1 Å². The first kappa shape index (κ1) is 13.4. The van der Waals surface area contributed by atoms with Crippen molar-refractivity contribution in [1.29, 1.82) is 0 Å². The number of halogens is 2. The van der Waals surface area contributed by atoms with E-state index in [1.807, 2.05) is 53.4 Å². The van der Waals surface area contributed by atoms with Crippen LogP contribution in [0.25, 0.3) is 28.2 Å². The third-order valence-electron chi connectivity index (χ3n) is 3.44. The Balaban J connectivity index is 1.81. The molecule has 0 bridgehead atoms. The monoisotopic (exact) mass is 328 g/mol. The first-order valence-electron chi connectivity index (χ1n) is 6.70. The van der Waals surface area contributed by atoms with Crippen LogP contribution in [-0.2, 0) is 0 Å². The molecule has 2 aromatic heterocycles. The van der Waals surface area contributed by atoms with E-state index < -0.39 is 0 Å². The summed E-state index contributed by atoms with van der Waals surface area (Å²) in [6.07, 6.45) is 3.97. The summed E-state index contributed by atoms with van der Waals surface area (Å²) < 4.78 is 7.88. The number of oxazole rings is 1. The van der Waals surface area contributed by atoms with Crippen molar-refractivity contribution in [3.63, 3.8) is 0 Å². The van der Waals surface area contributed by atoms with Gasteiger partial charge < -0.3 is 8.98 Å². The Labute approximate surface area is 136 Å². The van der Waals surface area contributed by atoms with Gasteiger partial charge in [0.05, 0.1) is 10.0 Å². The summed E-state index contributed by atoms with van der Waals surface area (Å²) in [5, 5.41) is 0.992. The molecule has 3 nitrogen and oxygen atoms in total. The van der Waals surface area contributed by atoms with Crippen molar-refractivity contribution in [3.05, 3.63) is 71.0 Å². The van der Waals surface area contributed by atoms with Gasteiger partial charge in [0.2, 0.25) is 5.89 Å². The number of rotatable bonds is 2. The van der Waals surface area contributed by atoms with Crippen LogP contribution in [0, 0.1) is 0 Å². The highest BCUT2D eigenvalue weighted by molar-refractivity contribution is 6.42. The van der Waals surface area contributed by atoms with Crippen molar-refractivity contribution in [1.82, 2.24) is 9.55 Å². The van der Waals surface area contributed by atoms with Crippen LogP contribution in [0.4, 0.5) is 0 Å². The maximum absolute atomic E-state index is 6.05. The van der Waals surface area contributed by atoms with Crippen LogP contribution in [0.5, 0.6) is 0 Å². The predicted molar refractivity (Wildman–Crippen MR) is 88.8 cm³/mol. The van der Waals surface area contributed by atoms with Crippen LogP contribution in [0.1, 0.15) is 0 Å². The van der Waals surface area contributed by atoms with E-state index in [-0.39, 0.29) is 0 Å². The number of hydrogen-bond donors (Lipinski definition) is 0. The SMILES string of the molecule is Clc1ccc(-c2nc3ccc(-n4cccc4)cc3o2)cc1Cl. The number of nitrogens with zero attached hydrogens (tertiary/aromatic N) is 2. The van der Waals surface area contributed by atoms with Gasteiger partial charge in [-0.3, -0.25) is 0 Å². The quantitative estimate of drug-likeness (QED) is 0.480. The van der Waals surface area contributed by atoms with Gasteiger partial charge in [-0.2, -0.15) is 0 Å². The summed E-state index contributed by atoms with van der Waals surface area (Å²) in [6, 6.07) is 15.2. The van der Waals surface area contributed by atoms with E-state index in [9.17, 15) is 0 Å². The molecule has 0 amide bonds. The average Bonchev–Trinajstić information content (AvgIpc) is 3.17. The molecule has 2 aromatic carbocycles. The molecule has 0 aliphatic heterocycles. The molecular formula is C17H10Cl2N2O. The predicted octanol–water partition coefficient (Wildman–Crippen LogP) is 5.59. The lowest BCUT2D eigenvalue weighted by molar-refractivity contribution is 0.619. The molecule has 0 saturated heterocycles. The first-order valence-corrected chi connectivity index (χ1v) is 7.46. The molecule has 0 unspecified atom stereocenters. The van der Waals surface area contributed by atoms with Crippen molar-refractivity contribution < 1.29 is 4.42 Å². The molecule has 108 valence electrons. The standard InChI is InChI=1S/C17H10Cl2N2O/c18-13-5-3-11(9-14(13)19)17-20-15-6-4-12(10-16(15)22-17)21-7-1-2-8-21/h1-10H. The number of fused-ring (bicyclic) bond motifs is 1. The molecule has 0 atom stereocenters. The van der Waals surface area contributed by atoms with Gasteiger partial charge in [-0.25, -0.2) is 4.98 Å². The Hall–Kier alpha value is -2.23. The van der Waals surface area contributed by atoms with E-state index in [0.29, 0.717) is 15.9 Å². The van der Waals surface area contributed by atoms with E-state index >= 15 is 0 Å². The topological polar surface area (TPSA) is 31.0 Å². The van der Waals surface area contributed by atoms with E-state index in [1.165, 1.54) is 0 Å². The minimum atomic E-state index is 0.481. The summed E-state index contributed by atoms with van der Waals surface area (Å²) in [7, 11) is 0. The Kier molecular flexibility index (Phi) is 3.17. The van der Waals surface area contributed by atoms with Crippen molar-refractivity contribution in [2.75, 3.05) is 0 Å².